The molecular weight excluding hydrogens is 276 g/mol. The molecule has 1 atom stereocenters. The number of carboxylic acid groups (broad SMARTS) is 1. The van der Waals surface area contributed by atoms with Crippen LogP contribution >= 0.6 is 11.8 Å². The maximum atomic E-state index is 12.4. The Balaban J connectivity index is 2.14. The summed E-state index contributed by atoms with van der Waals surface area (Å²) in [4.78, 5) is 29.1. The van der Waals surface area contributed by atoms with E-state index in [2.05, 4.69) is 18.8 Å². The molecule has 108 valence electrons. The number of carboxylic acids is 1. The van der Waals surface area contributed by atoms with E-state index in [0.717, 1.165) is 5.75 Å². The second-order valence-electron chi connectivity index (χ2n) is 5.14. The number of carbonyl (C=O) groups excluding carboxylic acids is 1. The highest BCUT2D eigenvalue weighted by atomic mass is 32.2. The molecule has 1 saturated heterocycles. The van der Waals surface area contributed by atoms with E-state index in [1.165, 1.54) is 18.3 Å². The highest BCUT2D eigenvalue weighted by Gasteiger charge is 2.27. The molecule has 5 nitrogen and oxygen atoms in total. The molecule has 1 amide bonds. The summed E-state index contributed by atoms with van der Waals surface area (Å²) in [6.07, 6.45) is 1.37. The zero-order chi connectivity index (χ0) is 14.7. The Morgan fingerprint density at radius 1 is 1.50 bits per heavy atom. The van der Waals surface area contributed by atoms with Crippen molar-refractivity contribution in [1.29, 1.82) is 0 Å². The molecule has 0 radical (unpaired) electrons. The Morgan fingerprint density at radius 3 is 2.90 bits per heavy atom. The van der Waals surface area contributed by atoms with E-state index in [1.54, 1.807) is 4.90 Å². The van der Waals surface area contributed by atoms with E-state index in [-0.39, 0.29) is 17.2 Å². The van der Waals surface area contributed by atoms with Crippen molar-refractivity contribution in [1.82, 2.24) is 9.88 Å². The molecule has 1 N–H and O–H groups in total. The molecule has 1 fully saturated rings. The third kappa shape index (κ3) is 3.30. The predicted octanol–water partition coefficient (Wildman–Crippen LogP) is 1.99. The lowest BCUT2D eigenvalue weighted by molar-refractivity contribution is 0.0696. The van der Waals surface area contributed by atoms with Gasteiger partial charge in [0.1, 0.15) is 5.69 Å². The minimum Gasteiger partial charge on any atom is -0.478 e. The zero-order valence-corrected chi connectivity index (χ0v) is 12.4. The first-order chi connectivity index (χ1) is 9.49. The van der Waals surface area contributed by atoms with Crippen molar-refractivity contribution < 1.29 is 14.7 Å². The smallest absolute Gasteiger partial charge is 0.335 e. The van der Waals surface area contributed by atoms with Crippen LogP contribution in [0.15, 0.2) is 18.3 Å². The molecule has 1 aliphatic heterocycles. The second kappa shape index (κ2) is 6.26. The number of hydrogen-bond acceptors (Lipinski definition) is 4. The summed E-state index contributed by atoms with van der Waals surface area (Å²) in [6, 6.07) is 2.74. The fourth-order valence-corrected chi connectivity index (χ4v) is 3.40. The molecule has 0 bridgehead atoms. The predicted molar refractivity (Wildman–Crippen MR) is 78.2 cm³/mol. The van der Waals surface area contributed by atoms with Crippen LogP contribution in [0.3, 0.4) is 0 Å². The lowest BCUT2D eigenvalue weighted by Crippen LogP contribution is -2.43. The number of aromatic carboxylic acids is 1. The highest BCUT2D eigenvalue weighted by Crippen LogP contribution is 2.25. The van der Waals surface area contributed by atoms with Crippen molar-refractivity contribution in [2.45, 2.75) is 19.1 Å². The molecule has 2 rings (SSSR count). The summed E-state index contributed by atoms with van der Waals surface area (Å²) < 4.78 is 0. The lowest BCUT2D eigenvalue weighted by atomic mass is 10.1. The van der Waals surface area contributed by atoms with Gasteiger partial charge in [0, 0.05) is 30.3 Å². The van der Waals surface area contributed by atoms with E-state index in [4.69, 9.17) is 5.11 Å². The number of carbonyl (C=O) groups is 2. The van der Waals surface area contributed by atoms with Gasteiger partial charge in [-0.05, 0) is 18.1 Å². The van der Waals surface area contributed by atoms with Crippen LogP contribution in [0.4, 0.5) is 0 Å². The topological polar surface area (TPSA) is 70.5 Å². The molecular formula is C14H18N2O3S. The van der Waals surface area contributed by atoms with Crippen LogP contribution in [0.25, 0.3) is 0 Å². The summed E-state index contributed by atoms with van der Waals surface area (Å²) in [6.45, 7) is 5.68. The van der Waals surface area contributed by atoms with Crippen LogP contribution in [-0.4, -0.2) is 51.0 Å². The van der Waals surface area contributed by atoms with Crippen LogP contribution in [0.1, 0.15) is 34.7 Å². The minimum absolute atomic E-state index is 0.0927. The largest absolute Gasteiger partial charge is 0.478 e. The van der Waals surface area contributed by atoms with Crippen LogP contribution in [0.2, 0.25) is 0 Å². The molecule has 1 aromatic heterocycles. The first-order valence-electron chi connectivity index (χ1n) is 6.59. The summed E-state index contributed by atoms with van der Waals surface area (Å²) in [7, 11) is 0. The van der Waals surface area contributed by atoms with E-state index >= 15 is 0 Å². The third-order valence-electron chi connectivity index (χ3n) is 3.35. The monoisotopic (exact) mass is 294 g/mol. The zero-order valence-electron chi connectivity index (χ0n) is 11.6. The fraction of sp³-hybridized carbons (Fsp3) is 0.500. The molecule has 0 spiro atoms. The summed E-state index contributed by atoms with van der Waals surface area (Å²) >= 11 is 1.89. The van der Waals surface area contributed by atoms with Crippen LogP contribution in [-0.2, 0) is 0 Å². The SMILES string of the molecule is CC(C)C1CN(C(=O)c2cc(C(=O)O)ccn2)CCS1. The first kappa shape index (κ1) is 14.8. The van der Waals surface area contributed by atoms with Crippen LogP contribution in [0, 0.1) is 5.92 Å². The maximum Gasteiger partial charge on any atom is 0.335 e. The molecule has 0 aromatic carbocycles. The second-order valence-corrected chi connectivity index (χ2v) is 6.49. The molecule has 0 saturated carbocycles. The number of pyridine rings is 1. The van der Waals surface area contributed by atoms with Gasteiger partial charge in [-0.25, -0.2) is 4.79 Å². The molecule has 2 heterocycles. The minimum atomic E-state index is -1.05. The van der Waals surface area contributed by atoms with Gasteiger partial charge in [0.25, 0.3) is 5.91 Å². The first-order valence-corrected chi connectivity index (χ1v) is 7.64. The Hall–Kier alpha value is -1.56. The van der Waals surface area contributed by atoms with Gasteiger partial charge in [-0.3, -0.25) is 9.78 Å². The normalized spacial score (nSPS) is 19.1. The van der Waals surface area contributed by atoms with Gasteiger partial charge >= 0.3 is 5.97 Å². The molecule has 6 heteroatoms. The number of hydrogen-bond donors (Lipinski definition) is 1. The third-order valence-corrected chi connectivity index (χ3v) is 4.89. The summed E-state index contributed by atoms with van der Waals surface area (Å²) in [5, 5.41) is 9.39. The Morgan fingerprint density at radius 2 is 2.25 bits per heavy atom. The average Bonchev–Trinajstić information content (AvgIpc) is 2.46. The van der Waals surface area contributed by atoms with Gasteiger partial charge in [-0.15, -0.1) is 0 Å². The summed E-state index contributed by atoms with van der Waals surface area (Å²) in [5.41, 5.74) is 0.300. The van der Waals surface area contributed by atoms with Crippen molar-refractivity contribution >= 4 is 23.6 Å². The highest BCUT2D eigenvalue weighted by molar-refractivity contribution is 8.00. The fourth-order valence-electron chi connectivity index (χ4n) is 2.11. The lowest BCUT2D eigenvalue weighted by Gasteiger charge is -2.34. The standard InChI is InChI=1S/C14H18N2O3S/c1-9(2)12-8-16(5-6-20-12)13(17)11-7-10(14(18)19)3-4-15-11/h3-4,7,9,12H,5-6,8H2,1-2H3,(H,18,19). The quantitative estimate of drug-likeness (QED) is 0.923. The average molecular weight is 294 g/mol. The van der Waals surface area contributed by atoms with Crippen molar-refractivity contribution in [3.05, 3.63) is 29.6 Å². The Bertz CT molecular complexity index is 519. The van der Waals surface area contributed by atoms with Crippen molar-refractivity contribution in [2.24, 2.45) is 5.92 Å². The van der Waals surface area contributed by atoms with Gasteiger partial charge in [0.2, 0.25) is 0 Å². The summed E-state index contributed by atoms with van der Waals surface area (Å²) in [5.74, 6) is 0.191. The van der Waals surface area contributed by atoms with Crippen molar-refractivity contribution in [3.63, 3.8) is 0 Å². The van der Waals surface area contributed by atoms with Crippen molar-refractivity contribution in [3.8, 4) is 0 Å². The van der Waals surface area contributed by atoms with Gasteiger partial charge in [0.05, 0.1) is 5.56 Å². The molecule has 1 aromatic rings. The molecule has 1 aliphatic rings. The van der Waals surface area contributed by atoms with Crippen molar-refractivity contribution in [2.75, 3.05) is 18.8 Å². The van der Waals surface area contributed by atoms with E-state index in [9.17, 15) is 9.59 Å². The van der Waals surface area contributed by atoms with Gasteiger partial charge < -0.3 is 10.0 Å². The maximum absolute atomic E-state index is 12.4. The van der Waals surface area contributed by atoms with Crippen LogP contribution in [0.5, 0.6) is 0 Å². The van der Waals surface area contributed by atoms with Gasteiger partial charge in [0.15, 0.2) is 0 Å². The number of rotatable bonds is 3. The van der Waals surface area contributed by atoms with E-state index in [0.29, 0.717) is 24.3 Å². The number of nitrogens with zero attached hydrogens (tertiary/aromatic N) is 2. The Kier molecular flexibility index (Phi) is 4.65. The molecule has 20 heavy (non-hydrogen) atoms. The molecule has 0 aliphatic carbocycles. The number of aromatic nitrogens is 1. The molecule has 1 unspecified atom stereocenters. The van der Waals surface area contributed by atoms with Crippen LogP contribution < -0.4 is 0 Å². The van der Waals surface area contributed by atoms with E-state index in [1.807, 2.05) is 11.8 Å². The number of thioether (sulfide) groups is 1. The Labute approximate surface area is 122 Å². The van der Waals surface area contributed by atoms with Gasteiger partial charge in [-0.2, -0.15) is 11.8 Å². The van der Waals surface area contributed by atoms with E-state index < -0.39 is 5.97 Å². The number of amides is 1. The van der Waals surface area contributed by atoms with Gasteiger partial charge in [-0.1, -0.05) is 13.8 Å².